The number of nitrogens with zero attached hydrogens (tertiary/aromatic N) is 3. The van der Waals surface area contributed by atoms with E-state index < -0.39 is 0 Å². The van der Waals surface area contributed by atoms with Gasteiger partial charge in [0.2, 0.25) is 5.95 Å². The molecule has 1 aromatic heterocycles. The van der Waals surface area contributed by atoms with Gasteiger partial charge in [-0.2, -0.15) is 4.98 Å². The van der Waals surface area contributed by atoms with Gasteiger partial charge in [-0.1, -0.05) is 50.1 Å². The maximum atomic E-state index is 13.1. The fourth-order valence-electron chi connectivity index (χ4n) is 3.81. The number of hydrogen-bond acceptors (Lipinski definition) is 5. The van der Waals surface area contributed by atoms with Crippen LogP contribution in [0, 0.1) is 5.82 Å². The van der Waals surface area contributed by atoms with Crippen LogP contribution in [0.2, 0.25) is 0 Å². The lowest BCUT2D eigenvalue weighted by Gasteiger charge is -2.15. The zero-order valence-corrected chi connectivity index (χ0v) is 21.5. The van der Waals surface area contributed by atoms with Crippen LogP contribution in [0.4, 0.5) is 21.8 Å². The monoisotopic (exact) mass is 497 g/mol. The molecule has 190 valence electrons. The molecule has 7 heteroatoms. The minimum atomic E-state index is -0.373. The van der Waals surface area contributed by atoms with Gasteiger partial charge in [0.25, 0.3) is 5.91 Å². The van der Waals surface area contributed by atoms with Gasteiger partial charge in [0, 0.05) is 37.3 Å². The smallest absolute Gasteiger partial charge is 0.255 e. The van der Waals surface area contributed by atoms with Crippen LogP contribution < -0.4 is 15.5 Å². The molecule has 1 amide bonds. The number of carbonyl (C=O) groups excluding carboxylic acids is 1. The average molecular weight is 498 g/mol. The highest BCUT2D eigenvalue weighted by atomic mass is 19.1. The van der Waals surface area contributed by atoms with Crippen molar-refractivity contribution in [3.8, 4) is 0 Å². The second-order valence-corrected chi connectivity index (χ2v) is 9.10. The molecule has 0 atom stereocenters. The lowest BCUT2D eigenvalue weighted by atomic mass is 10.1. The van der Waals surface area contributed by atoms with Crippen LogP contribution in [0.25, 0.3) is 17.0 Å². The molecule has 2 N–H and O–H groups in total. The summed E-state index contributed by atoms with van der Waals surface area (Å²) in [4.78, 5) is 23.7. The molecule has 0 bridgehead atoms. The number of allylic oxidation sites excluding steroid dienone is 1. The Morgan fingerprint density at radius 3 is 2.46 bits per heavy atom. The lowest BCUT2D eigenvalue weighted by Crippen LogP contribution is -2.14. The molecule has 0 fully saturated rings. The summed E-state index contributed by atoms with van der Waals surface area (Å²) in [5, 5.41) is 7.25. The Labute approximate surface area is 217 Å². The van der Waals surface area contributed by atoms with Crippen molar-refractivity contribution in [2.24, 2.45) is 0 Å². The van der Waals surface area contributed by atoms with Crippen LogP contribution in [-0.2, 0) is 6.54 Å². The first kappa shape index (κ1) is 25.8. The fourth-order valence-corrected chi connectivity index (χ4v) is 3.81. The molecule has 37 heavy (non-hydrogen) atoms. The van der Waals surface area contributed by atoms with E-state index in [1.807, 2.05) is 43.3 Å². The number of carbonyl (C=O) groups is 1. The molecule has 1 heterocycles. The molecule has 4 aromatic rings. The Hall–Kier alpha value is -4.26. The Morgan fingerprint density at radius 1 is 1.00 bits per heavy atom. The van der Waals surface area contributed by atoms with E-state index in [2.05, 4.69) is 47.9 Å². The molecular weight excluding hydrogens is 465 g/mol. The first-order valence-corrected chi connectivity index (χ1v) is 12.5. The number of nitrogens with one attached hydrogen (secondary N) is 2. The first-order valence-electron chi connectivity index (χ1n) is 12.5. The summed E-state index contributed by atoms with van der Waals surface area (Å²) in [6, 6.07) is 19.3. The highest BCUT2D eigenvalue weighted by Gasteiger charge is 2.10. The predicted molar refractivity (Wildman–Crippen MR) is 151 cm³/mol. The van der Waals surface area contributed by atoms with Gasteiger partial charge in [0.15, 0.2) is 0 Å². The quantitative estimate of drug-likeness (QED) is 0.233. The summed E-state index contributed by atoms with van der Waals surface area (Å²) >= 11 is 0. The number of aromatic nitrogens is 2. The van der Waals surface area contributed by atoms with E-state index in [1.54, 1.807) is 0 Å². The third-order valence-corrected chi connectivity index (χ3v) is 5.92. The summed E-state index contributed by atoms with van der Waals surface area (Å²) in [6.07, 6.45) is 7.80. The predicted octanol–water partition coefficient (Wildman–Crippen LogP) is 6.90. The van der Waals surface area contributed by atoms with Crippen LogP contribution in [0.15, 0.2) is 72.8 Å². The lowest BCUT2D eigenvalue weighted by molar-refractivity contribution is 0.102. The van der Waals surface area contributed by atoms with Gasteiger partial charge in [-0.05, 0) is 66.1 Å². The summed E-state index contributed by atoms with van der Waals surface area (Å²) in [6.45, 7) is 2.75. The average Bonchev–Trinajstić information content (AvgIpc) is 2.90. The number of amides is 1. The highest BCUT2D eigenvalue weighted by Crippen LogP contribution is 2.25. The van der Waals surface area contributed by atoms with Crippen LogP contribution in [-0.4, -0.2) is 30.0 Å². The summed E-state index contributed by atoms with van der Waals surface area (Å²) < 4.78 is 13.1. The second-order valence-electron chi connectivity index (χ2n) is 9.10. The third-order valence-electron chi connectivity index (χ3n) is 5.92. The number of unbranched alkanes of at least 4 members (excludes halogenated alkanes) is 2. The van der Waals surface area contributed by atoms with Gasteiger partial charge < -0.3 is 15.5 Å². The van der Waals surface area contributed by atoms with Crippen molar-refractivity contribution in [3.63, 3.8) is 0 Å². The van der Waals surface area contributed by atoms with Gasteiger partial charge in [0.05, 0.1) is 5.52 Å². The number of halogens is 1. The summed E-state index contributed by atoms with van der Waals surface area (Å²) in [5.74, 6) is 0.751. The molecule has 0 unspecified atom stereocenters. The van der Waals surface area contributed by atoms with E-state index >= 15 is 0 Å². The largest absolute Gasteiger partial charge is 0.365 e. The Balaban J connectivity index is 1.47. The van der Waals surface area contributed by atoms with Crippen LogP contribution in [0.5, 0.6) is 0 Å². The molecule has 6 nitrogen and oxygen atoms in total. The van der Waals surface area contributed by atoms with Crippen molar-refractivity contribution in [2.75, 3.05) is 29.6 Å². The zero-order valence-electron chi connectivity index (χ0n) is 21.5. The maximum Gasteiger partial charge on any atom is 0.255 e. The van der Waals surface area contributed by atoms with Crippen LogP contribution in [0.3, 0.4) is 0 Å². The Kier molecular flexibility index (Phi) is 8.46. The molecule has 0 spiro atoms. The normalized spacial score (nSPS) is 11.1. The minimum Gasteiger partial charge on any atom is -0.365 e. The van der Waals surface area contributed by atoms with E-state index in [-0.39, 0.29) is 11.7 Å². The number of hydrogen-bond donors (Lipinski definition) is 2. The number of fused-ring (bicyclic) bond motifs is 1. The molecule has 3 aromatic carbocycles. The molecule has 0 saturated carbocycles. The van der Waals surface area contributed by atoms with E-state index in [9.17, 15) is 9.18 Å². The number of anilines is 3. The fraction of sp³-hybridized carbons (Fsp3) is 0.233. The number of benzene rings is 3. The minimum absolute atomic E-state index is 0.283. The van der Waals surface area contributed by atoms with Gasteiger partial charge in [-0.3, -0.25) is 4.79 Å². The van der Waals surface area contributed by atoms with Crippen molar-refractivity contribution in [3.05, 3.63) is 95.3 Å². The molecule has 0 saturated heterocycles. The Morgan fingerprint density at radius 2 is 1.76 bits per heavy atom. The first-order chi connectivity index (χ1) is 17.9. The van der Waals surface area contributed by atoms with Gasteiger partial charge in [-0.15, -0.1) is 0 Å². The van der Waals surface area contributed by atoms with Gasteiger partial charge in [0.1, 0.15) is 11.6 Å². The van der Waals surface area contributed by atoms with Crippen molar-refractivity contribution in [2.45, 2.75) is 32.7 Å². The topological polar surface area (TPSA) is 70.2 Å². The SMILES string of the molecule is CCCCC=Cc1ccc2c(NCc3ccc(NC(=O)c4ccc(F)cc4)cc3)nc(N(C)C)nc2c1. The van der Waals surface area contributed by atoms with Crippen LogP contribution in [0.1, 0.15) is 47.7 Å². The highest BCUT2D eigenvalue weighted by molar-refractivity contribution is 6.04. The summed E-state index contributed by atoms with van der Waals surface area (Å²) in [5.41, 5.74) is 4.11. The third kappa shape index (κ3) is 6.91. The molecule has 0 aliphatic rings. The standard InChI is InChI=1S/C30H32FN5O/c1-4-5-6-7-8-21-11-18-26-27(19-21)34-30(36(2)3)35-28(26)32-20-22-9-16-25(17-10-22)33-29(37)23-12-14-24(31)15-13-23/h7-19H,4-6,20H2,1-3H3,(H,33,37)(H,32,34,35). The van der Waals surface area contributed by atoms with Crippen molar-refractivity contribution in [1.82, 2.24) is 9.97 Å². The molecular formula is C30H32FN5O. The van der Waals surface area contributed by atoms with Crippen molar-refractivity contribution < 1.29 is 9.18 Å². The second kappa shape index (κ2) is 12.1. The molecule has 4 rings (SSSR count). The molecule has 0 aliphatic carbocycles. The number of rotatable bonds is 10. The van der Waals surface area contributed by atoms with E-state index in [4.69, 9.17) is 9.97 Å². The molecule has 0 radical (unpaired) electrons. The van der Waals surface area contributed by atoms with Gasteiger partial charge >= 0.3 is 0 Å². The molecule has 0 aliphatic heterocycles. The van der Waals surface area contributed by atoms with E-state index in [0.29, 0.717) is 23.7 Å². The van der Waals surface area contributed by atoms with Crippen molar-refractivity contribution >= 4 is 40.3 Å². The Bertz CT molecular complexity index is 1380. The zero-order chi connectivity index (χ0) is 26.2. The van der Waals surface area contributed by atoms with Gasteiger partial charge in [-0.25, -0.2) is 9.37 Å². The van der Waals surface area contributed by atoms with E-state index in [1.165, 1.54) is 37.1 Å². The van der Waals surface area contributed by atoms with Crippen molar-refractivity contribution in [1.29, 1.82) is 0 Å². The van der Waals surface area contributed by atoms with E-state index in [0.717, 1.165) is 34.3 Å². The maximum absolute atomic E-state index is 13.1. The summed E-state index contributed by atoms with van der Waals surface area (Å²) in [7, 11) is 3.86. The van der Waals surface area contributed by atoms with Crippen LogP contribution >= 0.6 is 0 Å².